The van der Waals surface area contributed by atoms with E-state index in [2.05, 4.69) is 4.74 Å². The molecular formula is C13H13ClO4. The third kappa shape index (κ3) is 3.01. The van der Waals surface area contributed by atoms with Crippen molar-refractivity contribution in [2.45, 2.75) is 25.9 Å². The number of carbonyl (C=O) groups is 2. The normalized spacial score (nSPS) is 14.1. The molecule has 0 aromatic heterocycles. The highest BCUT2D eigenvalue weighted by molar-refractivity contribution is 6.41. The van der Waals surface area contributed by atoms with Crippen LogP contribution in [-0.4, -0.2) is 24.5 Å². The highest BCUT2D eigenvalue weighted by Crippen LogP contribution is 2.32. The molecule has 96 valence electrons. The summed E-state index contributed by atoms with van der Waals surface area (Å²) < 4.78 is 10.2. The van der Waals surface area contributed by atoms with Crippen LogP contribution in [-0.2, 0) is 9.53 Å². The summed E-state index contributed by atoms with van der Waals surface area (Å²) in [5, 5.41) is 0.331. The minimum atomic E-state index is -0.871. The predicted molar refractivity (Wildman–Crippen MR) is 66.1 cm³/mol. The summed E-state index contributed by atoms with van der Waals surface area (Å²) in [4.78, 5) is 22.9. The van der Waals surface area contributed by atoms with Gasteiger partial charge >= 0.3 is 5.97 Å². The molecule has 2 rings (SSSR count). The Hall–Kier alpha value is -1.55. The number of carbonyl (C=O) groups excluding carboxylic acids is 2. The maximum atomic E-state index is 11.7. The lowest BCUT2D eigenvalue weighted by Gasteiger charge is -2.07. The Morgan fingerprint density at radius 3 is 2.67 bits per heavy atom. The van der Waals surface area contributed by atoms with Gasteiger partial charge in [-0.3, -0.25) is 4.79 Å². The van der Waals surface area contributed by atoms with Crippen LogP contribution in [0.5, 0.6) is 5.75 Å². The van der Waals surface area contributed by atoms with E-state index in [0.717, 1.165) is 12.8 Å². The fourth-order valence-electron chi connectivity index (χ4n) is 1.42. The summed E-state index contributed by atoms with van der Waals surface area (Å²) in [5.41, 5.74) is 0.210. The monoisotopic (exact) mass is 268 g/mol. The second kappa shape index (κ2) is 5.40. The topological polar surface area (TPSA) is 52.6 Å². The van der Waals surface area contributed by atoms with Crippen molar-refractivity contribution in [1.29, 1.82) is 0 Å². The van der Waals surface area contributed by atoms with Crippen molar-refractivity contribution in [3.05, 3.63) is 28.8 Å². The van der Waals surface area contributed by atoms with E-state index in [-0.39, 0.29) is 18.3 Å². The van der Waals surface area contributed by atoms with E-state index in [1.165, 1.54) is 12.1 Å². The van der Waals surface area contributed by atoms with Gasteiger partial charge in [0, 0.05) is 5.56 Å². The van der Waals surface area contributed by atoms with E-state index < -0.39 is 11.8 Å². The highest BCUT2D eigenvalue weighted by Gasteiger charge is 2.25. The molecule has 4 nitrogen and oxygen atoms in total. The second-order valence-corrected chi connectivity index (χ2v) is 4.42. The Morgan fingerprint density at radius 1 is 1.39 bits per heavy atom. The van der Waals surface area contributed by atoms with E-state index >= 15 is 0 Å². The molecule has 1 aromatic carbocycles. The van der Waals surface area contributed by atoms with Crippen LogP contribution >= 0.6 is 11.6 Å². The van der Waals surface area contributed by atoms with Crippen molar-refractivity contribution in [3.8, 4) is 5.75 Å². The molecule has 18 heavy (non-hydrogen) atoms. The van der Waals surface area contributed by atoms with E-state index in [1.807, 2.05) is 0 Å². The quantitative estimate of drug-likeness (QED) is 0.468. The molecule has 1 fully saturated rings. The SMILES string of the molecule is CCOC(=O)C(=O)c1ccc(OC2CC2)c(Cl)c1. The Morgan fingerprint density at radius 2 is 2.11 bits per heavy atom. The second-order valence-electron chi connectivity index (χ2n) is 4.01. The Labute approximate surface area is 110 Å². The summed E-state index contributed by atoms with van der Waals surface area (Å²) in [6, 6.07) is 4.55. The van der Waals surface area contributed by atoms with Gasteiger partial charge in [0.05, 0.1) is 17.7 Å². The highest BCUT2D eigenvalue weighted by atomic mass is 35.5. The van der Waals surface area contributed by atoms with E-state index in [9.17, 15) is 9.59 Å². The summed E-state index contributed by atoms with van der Waals surface area (Å²) in [7, 11) is 0. The molecule has 1 aromatic rings. The zero-order chi connectivity index (χ0) is 13.1. The summed E-state index contributed by atoms with van der Waals surface area (Å²) >= 11 is 6.00. The molecule has 1 saturated carbocycles. The van der Waals surface area contributed by atoms with Crippen LogP contribution in [0.3, 0.4) is 0 Å². The van der Waals surface area contributed by atoms with Gasteiger partial charge in [-0.25, -0.2) is 4.79 Å². The van der Waals surface area contributed by atoms with Gasteiger partial charge in [-0.05, 0) is 38.0 Å². The molecule has 1 aliphatic rings. The standard InChI is InChI=1S/C13H13ClO4/c1-2-17-13(16)12(15)8-3-6-11(10(14)7-8)18-9-4-5-9/h3,6-7,9H,2,4-5H2,1H3. The number of ether oxygens (including phenoxy) is 2. The van der Waals surface area contributed by atoms with Crippen molar-refractivity contribution >= 4 is 23.4 Å². The van der Waals surface area contributed by atoms with Crippen molar-refractivity contribution in [1.82, 2.24) is 0 Å². The number of halogens is 1. The Balaban J connectivity index is 2.11. The van der Waals surface area contributed by atoms with Crippen LogP contribution in [0.1, 0.15) is 30.1 Å². The number of ketones is 1. The van der Waals surface area contributed by atoms with Gasteiger partial charge in [0.1, 0.15) is 5.75 Å². The average molecular weight is 269 g/mol. The maximum absolute atomic E-state index is 11.7. The van der Waals surface area contributed by atoms with Gasteiger partial charge in [-0.1, -0.05) is 11.6 Å². The van der Waals surface area contributed by atoms with E-state index in [1.54, 1.807) is 13.0 Å². The number of benzene rings is 1. The number of hydrogen-bond donors (Lipinski definition) is 0. The average Bonchev–Trinajstić information content (AvgIpc) is 3.15. The van der Waals surface area contributed by atoms with Crippen molar-refractivity contribution < 1.29 is 19.1 Å². The molecule has 0 unspecified atom stereocenters. The first-order chi connectivity index (χ1) is 8.61. The molecule has 0 spiro atoms. The molecule has 0 saturated heterocycles. The third-order valence-corrected chi connectivity index (χ3v) is 2.77. The zero-order valence-corrected chi connectivity index (χ0v) is 10.7. The number of hydrogen-bond acceptors (Lipinski definition) is 4. The van der Waals surface area contributed by atoms with Crippen molar-refractivity contribution in [3.63, 3.8) is 0 Å². The molecule has 1 aliphatic carbocycles. The van der Waals surface area contributed by atoms with Crippen molar-refractivity contribution in [2.75, 3.05) is 6.61 Å². The van der Waals surface area contributed by atoms with Crippen molar-refractivity contribution in [2.24, 2.45) is 0 Å². The van der Waals surface area contributed by atoms with Gasteiger partial charge in [-0.15, -0.1) is 0 Å². The number of esters is 1. The first-order valence-corrected chi connectivity index (χ1v) is 6.17. The van der Waals surface area contributed by atoms with Crippen LogP contribution in [0, 0.1) is 0 Å². The maximum Gasteiger partial charge on any atom is 0.379 e. The van der Waals surface area contributed by atoms with Gasteiger partial charge < -0.3 is 9.47 Å². The molecule has 0 aliphatic heterocycles. The van der Waals surface area contributed by atoms with Crippen LogP contribution in [0.15, 0.2) is 18.2 Å². The summed E-state index contributed by atoms with van der Waals surface area (Å²) in [6.07, 6.45) is 2.29. The lowest BCUT2D eigenvalue weighted by atomic mass is 10.1. The van der Waals surface area contributed by atoms with Crippen LogP contribution < -0.4 is 4.74 Å². The van der Waals surface area contributed by atoms with E-state index in [4.69, 9.17) is 16.3 Å². The lowest BCUT2D eigenvalue weighted by molar-refractivity contribution is -0.137. The first kappa shape index (κ1) is 12.9. The molecular weight excluding hydrogens is 256 g/mol. The number of Topliss-reactive ketones (excluding diaryl/α,β-unsaturated/α-hetero) is 1. The van der Waals surface area contributed by atoms with Gasteiger partial charge in [0.2, 0.25) is 0 Å². The van der Waals surface area contributed by atoms with Crippen LogP contribution in [0.25, 0.3) is 0 Å². The fraction of sp³-hybridized carbons (Fsp3) is 0.385. The number of rotatable bonds is 5. The zero-order valence-electron chi connectivity index (χ0n) is 9.94. The minimum Gasteiger partial charge on any atom is -0.489 e. The fourth-order valence-corrected chi connectivity index (χ4v) is 1.64. The Bertz CT molecular complexity index is 480. The predicted octanol–water partition coefficient (Wildman–Crippen LogP) is 2.63. The molecule has 0 bridgehead atoms. The van der Waals surface area contributed by atoms with Gasteiger partial charge in [-0.2, -0.15) is 0 Å². The molecule has 0 radical (unpaired) electrons. The largest absolute Gasteiger partial charge is 0.489 e. The Kier molecular flexibility index (Phi) is 3.87. The third-order valence-electron chi connectivity index (χ3n) is 2.47. The smallest absolute Gasteiger partial charge is 0.379 e. The molecule has 0 atom stereocenters. The summed E-state index contributed by atoms with van der Waals surface area (Å²) in [6.45, 7) is 1.81. The molecule has 5 heteroatoms. The summed E-state index contributed by atoms with van der Waals surface area (Å²) in [5.74, 6) is -1.03. The van der Waals surface area contributed by atoms with Gasteiger partial charge in [0.25, 0.3) is 5.78 Å². The van der Waals surface area contributed by atoms with Crippen LogP contribution in [0.2, 0.25) is 5.02 Å². The lowest BCUT2D eigenvalue weighted by Crippen LogP contribution is -2.17. The first-order valence-electron chi connectivity index (χ1n) is 5.79. The molecule has 0 amide bonds. The molecule has 0 heterocycles. The minimum absolute atomic E-state index is 0.168. The van der Waals surface area contributed by atoms with E-state index in [0.29, 0.717) is 10.8 Å². The van der Waals surface area contributed by atoms with Gasteiger partial charge in [0.15, 0.2) is 0 Å². The molecule has 0 N–H and O–H groups in total. The van der Waals surface area contributed by atoms with Crippen LogP contribution in [0.4, 0.5) is 0 Å².